The molecule has 2 rings (SSSR count). The molecule has 0 spiro atoms. The number of hydrogen-bond donors (Lipinski definition) is 1. The molecule has 0 aliphatic carbocycles. The largest absolute Gasteiger partial charge is 0.456 e. The van der Waals surface area contributed by atoms with Gasteiger partial charge in [0.25, 0.3) is 5.91 Å². The summed E-state index contributed by atoms with van der Waals surface area (Å²) in [4.78, 5) is 33.4. The van der Waals surface area contributed by atoms with Crippen molar-refractivity contribution in [2.75, 3.05) is 5.32 Å². The van der Waals surface area contributed by atoms with Crippen molar-refractivity contribution in [2.24, 2.45) is 0 Å². The van der Waals surface area contributed by atoms with Crippen LogP contribution < -0.4 is 5.32 Å². The van der Waals surface area contributed by atoms with Crippen molar-refractivity contribution in [3.63, 3.8) is 0 Å². The van der Waals surface area contributed by atoms with E-state index in [4.69, 9.17) is 4.74 Å². The van der Waals surface area contributed by atoms with Gasteiger partial charge in [-0.2, -0.15) is 0 Å². The van der Waals surface area contributed by atoms with Crippen molar-refractivity contribution < 1.29 is 14.3 Å². The Morgan fingerprint density at radius 1 is 1.08 bits per heavy atom. The molecule has 0 aliphatic heterocycles. The smallest absolute Gasteiger partial charge is 0.339 e. The first-order chi connectivity index (χ1) is 11.6. The number of ether oxygens (including phenoxy) is 1. The van der Waals surface area contributed by atoms with Gasteiger partial charge in [-0.3, -0.25) is 10.1 Å². The number of nitrogens with zero attached hydrogens (tertiary/aromatic N) is 2. The Balaban J connectivity index is 2.32. The van der Waals surface area contributed by atoms with Crippen LogP contribution in [0, 0.1) is 20.8 Å². The van der Waals surface area contributed by atoms with Gasteiger partial charge in [-0.15, -0.1) is 0 Å². The highest BCUT2D eigenvalue weighted by atomic mass is 16.6. The molecule has 0 saturated heterocycles. The van der Waals surface area contributed by atoms with Crippen molar-refractivity contribution in [2.45, 2.75) is 47.1 Å². The van der Waals surface area contributed by atoms with Crippen LogP contribution >= 0.6 is 0 Å². The third-order valence-corrected chi connectivity index (χ3v) is 3.49. The fourth-order valence-electron chi connectivity index (χ4n) is 2.11. The Morgan fingerprint density at radius 3 is 2.36 bits per heavy atom. The zero-order valence-corrected chi connectivity index (χ0v) is 15.4. The lowest BCUT2D eigenvalue weighted by Crippen LogP contribution is -2.26. The van der Waals surface area contributed by atoms with Crippen LogP contribution in [0.3, 0.4) is 0 Å². The number of carbonyl (C=O) groups is 2. The van der Waals surface area contributed by atoms with E-state index in [1.165, 1.54) is 0 Å². The lowest BCUT2D eigenvalue weighted by molar-refractivity contribution is 0.00677. The maximum atomic E-state index is 12.6. The number of aryl methyl sites for hydroxylation is 3. The number of hydrogen-bond acceptors (Lipinski definition) is 5. The molecule has 132 valence electrons. The SMILES string of the molecule is Cc1ccc(C(=O)Nc2ncc(C)c(C)n2)c(C(=O)OC(C)(C)C)c1. The maximum Gasteiger partial charge on any atom is 0.339 e. The number of benzene rings is 1. The van der Waals surface area contributed by atoms with Gasteiger partial charge in [-0.05, 0) is 59.2 Å². The van der Waals surface area contributed by atoms with Crippen LogP contribution in [0.2, 0.25) is 0 Å². The summed E-state index contributed by atoms with van der Waals surface area (Å²) >= 11 is 0. The Morgan fingerprint density at radius 2 is 1.76 bits per heavy atom. The minimum Gasteiger partial charge on any atom is -0.456 e. The minimum absolute atomic E-state index is 0.198. The number of nitrogens with one attached hydrogen (secondary N) is 1. The summed E-state index contributed by atoms with van der Waals surface area (Å²) in [6.45, 7) is 10.9. The van der Waals surface area contributed by atoms with Gasteiger partial charge in [0.15, 0.2) is 0 Å². The second-order valence-corrected chi connectivity index (χ2v) is 6.97. The van der Waals surface area contributed by atoms with Crippen LogP contribution in [0.5, 0.6) is 0 Å². The molecule has 0 radical (unpaired) electrons. The van der Waals surface area contributed by atoms with Gasteiger partial charge in [-0.1, -0.05) is 11.6 Å². The first kappa shape index (κ1) is 18.6. The standard InChI is InChI=1S/C19H23N3O3/c1-11-7-8-14(15(9-11)17(24)25-19(4,5)6)16(23)22-18-20-10-12(2)13(3)21-18/h7-10H,1-6H3,(H,20,21,22,23). The lowest BCUT2D eigenvalue weighted by atomic mass is 10.0. The fraction of sp³-hybridized carbons (Fsp3) is 0.368. The first-order valence-corrected chi connectivity index (χ1v) is 8.02. The highest BCUT2D eigenvalue weighted by Crippen LogP contribution is 2.18. The van der Waals surface area contributed by atoms with E-state index in [1.807, 2.05) is 20.8 Å². The molecule has 1 amide bonds. The summed E-state index contributed by atoms with van der Waals surface area (Å²) in [7, 11) is 0. The molecular formula is C19H23N3O3. The molecule has 0 aliphatic rings. The number of esters is 1. The molecular weight excluding hydrogens is 318 g/mol. The number of aromatic nitrogens is 2. The predicted molar refractivity (Wildman–Crippen MR) is 95.8 cm³/mol. The van der Waals surface area contributed by atoms with Crippen LogP contribution in [0.25, 0.3) is 0 Å². The summed E-state index contributed by atoms with van der Waals surface area (Å²) in [5.41, 5.74) is 2.37. The van der Waals surface area contributed by atoms with E-state index in [0.29, 0.717) is 0 Å². The van der Waals surface area contributed by atoms with E-state index in [-0.39, 0.29) is 17.1 Å². The molecule has 6 nitrogen and oxygen atoms in total. The quantitative estimate of drug-likeness (QED) is 0.863. The Hall–Kier alpha value is -2.76. The molecule has 1 aromatic carbocycles. The third-order valence-electron chi connectivity index (χ3n) is 3.49. The summed E-state index contributed by atoms with van der Waals surface area (Å²) in [6.07, 6.45) is 1.64. The van der Waals surface area contributed by atoms with Crippen LogP contribution in [0.15, 0.2) is 24.4 Å². The Kier molecular flexibility index (Phi) is 5.21. The molecule has 1 N–H and O–H groups in total. The molecule has 25 heavy (non-hydrogen) atoms. The predicted octanol–water partition coefficient (Wildman–Crippen LogP) is 3.61. The van der Waals surface area contributed by atoms with Gasteiger partial charge in [0.2, 0.25) is 5.95 Å². The van der Waals surface area contributed by atoms with E-state index in [1.54, 1.807) is 45.2 Å². The lowest BCUT2D eigenvalue weighted by Gasteiger charge is -2.20. The zero-order chi connectivity index (χ0) is 18.8. The van der Waals surface area contributed by atoms with Gasteiger partial charge < -0.3 is 4.74 Å². The van der Waals surface area contributed by atoms with Gasteiger partial charge in [0.05, 0.1) is 11.1 Å². The van der Waals surface area contributed by atoms with E-state index >= 15 is 0 Å². The zero-order valence-electron chi connectivity index (χ0n) is 15.4. The molecule has 0 saturated carbocycles. The van der Waals surface area contributed by atoms with Crippen molar-refractivity contribution in [1.82, 2.24) is 9.97 Å². The van der Waals surface area contributed by atoms with Crippen LogP contribution in [-0.2, 0) is 4.74 Å². The second kappa shape index (κ2) is 7.01. The summed E-state index contributed by atoms with van der Waals surface area (Å²) in [6, 6.07) is 5.01. The van der Waals surface area contributed by atoms with E-state index in [9.17, 15) is 9.59 Å². The number of rotatable bonds is 3. The molecule has 0 unspecified atom stereocenters. The Bertz CT molecular complexity index is 823. The van der Waals surface area contributed by atoms with Crippen LogP contribution in [0.4, 0.5) is 5.95 Å². The fourth-order valence-corrected chi connectivity index (χ4v) is 2.11. The first-order valence-electron chi connectivity index (χ1n) is 8.02. The van der Waals surface area contributed by atoms with E-state index in [2.05, 4.69) is 15.3 Å². The molecule has 6 heteroatoms. The molecule has 1 aromatic heterocycles. The molecule has 0 bridgehead atoms. The molecule has 1 heterocycles. The molecule has 0 atom stereocenters. The van der Waals surface area contributed by atoms with Crippen molar-refractivity contribution >= 4 is 17.8 Å². The molecule has 0 fully saturated rings. The highest BCUT2D eigenvalue weighted by Gasteiger charge is 2.23. The van der Waals surface area contributed by atoms with E-state index in [0.717, 1.165) is 16.8 Å². The molecule has 2 aromatic rings. The monoisotopic (exact) mass is 341 g/mol. The normalized spacial score (nSPS) is 11.1. The number of amides is 1. The van der Waals surface area contributed by atoms with E-state index < -0.39 is 17.5 Å². The summed E-state index contributed by atoms with van der Waals surface area (Å²) in [5, 5.41) is 2.63. The number of anilines is 1. The highest BCUT2D eigenvalue weighted by molar-refractivity contribution is 6.10. The average Bonchev–Trinajstić information content (AvgIpc) is 2.49. The van der Waals surface area contributed by atoms with Crippen molar-refractivity contribution in [3.8, 4) is 0 Å². The Labute approximate surface area is 147 Å². The summed E-state index contributed by atoms with van der Waals surface area (Å²) in [5.74, 6) is -0.796. The number of carbonyl (C=O) groups excluding carboxylic acids is 2. The van der Waals surface area contributed by atoms with Crippen molar-refractivity contribution in [1.29, 1.82) is 0 Å². The minimum atomic E-state index is -0.647. The second-order valence-electron chi connectivity index (χ2n) is 6.97. The van der Waals surface area contributed by atoms with Gasteiger partial charge in [0.1, 0.15) is 5.60 Å². The van der Waals surface area contributed by atoms with Gasteiger partial charge in [0, 0.05) is 11.9 Å². The van der Waals surface area contributed by atoms with Crippen molar-refractivity contribution in [3.05, 3.63) is 52.3 Å². The van der Waals surface area contributed by atoms with Crippen LogP contribution in [0.1, 0.15) is 58.3 Å². The third kappa shape index (κ3) is 4.86. The average molecular weight is 341 g/mol. The van der Waals surface area contributed by atoms with Gasteiger partial charge in [-0.25, -0.2) is 14.8 Å². The summed E-state index contributed by atoms with van der Waals surface area (Å²) < 4.78 is 5.40. The maximum absolute atomic E-state index is 12.6. The van der Waals surface area contributed by atoms with Crippen LogP contribution in [-0.4, -0.2) is 27.4 Å². The van der Waals surface area contributed by atoms with Gasteiger partial charge >= 0.3 is 5.97 Å². The topological polar surface area (TPSA) is 81.2 Å².